The Hall–Kier alpha value is -2.15. The summed E-state index contributed by atoms with van der Waals surface area (Å²) in [5.41, 5.74) is 0.287. The van der Waals surface area contributed by atoms with E-state index in [1.807, 2.05) is 24.5 Å². The van der Waals surface area contributed by atoms with Gasteiger partial charge in [-0.3, -0.25) is 4.79 Å². The number of carbonyl (C=O) groups is 2. The Morgan fingerprint density at radius 3 is 2.52 bits per heavy atom. The van der Waals surface area contributed by atoms with Crippen molar-refractivity contribution < 1.29 is 14.3 Å². The lowest BCUT2D eigenvalue weighted by Crippen LogP contribution is -2.22. The number of ether oxygens (including phenoxy) is 1. The van der Waals surface area contributed by atoms with Crippen molar-refractivity contribution in [2.75, 3.05) is 12.4 Å². The summed E-state index contributed by atoms with van der Waals surface area (Å²) in [4.78, 5) is 29.2. The van der Waals surface area contributed by atoms with E-state index in [1.165, 1.54) is 18.4 Å². The number of aromatic nitrogens is 2. The van der Waals surface area contributed by atoms with Gasteiger partial charge in [-0.2, -0.15) is 0 Å². The summed E-state index contributed by atoms with van der Waals surface area (Å²) in [5, 5.41) is 3.20. The van der Waals surface area contributed by atoms with Crippen LogP contribution in [0, 0.1) is 5.92 Å². The van der Waals surface area contributed by atoms with E-state index in [0.29, 0.717) is 17.5 Å². The van der Waals surface area contributed by atoms with E-state index in [0.717, 1.165) is 4.88 Å². The molecule has 0 saturated heterocycles. The Morgan fingerprint density at radius 2 is 1.96 bits per heavy atom. The first-order valence-corrected chi connectivity index (χ1v) is 8.25. The van der Waals surface area contributed by atoms with Crippen LogP contribution < -0.4 is 5.32 Å². The predicted molar refractivity (Wildman–Crippen MR) is 89.8 cm³/mol. The second-order valence-electron chi connectivity index (χ2n) is 5.68. The van der Waals surface area contributed by atoms with Crippen molar-refractivity contribution in [3.8, 4) is 0 Å². The summed E-state index contributed by atoms with van der Waals surface area (Å²) in [7, 11) is 1.33. The second kappa shape index (κ2) is 7.41. The third-order valence-corrected chi connectivity index (χ3v) is 4.35. The Kier molecular flexibility index (Phi) is 5.54. The molecule has 0 fully saturated rings. The van der Waals surface area contributed by atoms with Crippen molar-refractivity contribution in [1.29, 1.82) is 0 Å². The molecule has 1 amide bonds. The number of nitrogens with zero attached hydrogens (tertiary/aromatic N) is 2. The normalized spacial score (nSPS) is 12.2. The molecule has 0 saturated carbocycles. The maximum Gasteiger partial charge on any atom is 0.357 e. The zero-order valence-corrected chi connectivity index (χ0v) is 14.5. The molecule has 0 bridgehead atoms. The highest BCUT2D eigenvalue weighted by molar-refractivity contribution is 7.16. The molecule has 1 N–H and O–H groups in total. The number of anilines is 1. The van der Waals surface area contributed by atoms with Crippen LogP contribution in [0.15, 0.2) is 24.5 Å². The van der Waals surface area contributed by atoms with Gasteiger partial charge in [0.05, 0.1) is 7.11 Å². The van der Waals surface area contributed by atoms with E-state index < -0.39 is 5.97 Å². The minimum absolute atomic E-state index is 0.178. The van der Waals surface area contributed by atoms with Gasteiger partial charge in [0.15, 0.2) is 10.8 Å². The molecule has 2 rings (SSSR count). The number of rotatable bonds is 6. The number of methoxy groups -OCH3 is 1. The number of hydrogen-bond donors (Lipinski definition) is 1. The summed E-state index contributed by atoms with van der Waals surface area (Å²) in [6.07, 6.45) is 4.37. The molecule has 2 heterocycles. The lowest BCUT2D eigenvalue weighted by Gasteiger charge is -2.12. The number of hydrogen-bond acceptors (Lipinski definition) is 5. The van der Waals surface area contributed by atoms with E-state index in [1.54, 1.807) is 11.5 Å². The van der Waals surface area contributed by atoms with Gasteiger partial charge in [-0.25, -0.2) is 9.78 Å². The molecule has 0 aliphatic rings. The average Bonchev–Trinajstić information content (AvgIpc) is 3.15. The Balaban J connectivity index is 2.17. The van der Waals surface area contributed by atoms with Gasteiger partial charge in [0.25, 0.3) is 0 Å². The predicted octanol–water partition coefficient (Wildman–Crippen LogP) is 3.13. The van der Waals surface area contributed by atoms with E-state index >= 15 is 0 Å². The maximum absolute atomic E-state index is 12.3. The van der Waals surface area contributed by atoms with Crippen molar-refractivity contribution in [3.05, 3.63) is 35.1 Å². The lowest BCUT2D eigenvalue weighted by atomic mass is 10.1. The zero-order valence-electron chi connectivity index (χ0n) is 13.7. The minimum atomic E-state index is -0.476. The van der Waals surface area contributed by atoms with Gasteiger partial charge in [0.1, 0.15) is 6.04 Å². The molecule has 7 heteroatoms. The highest BCUT2D eigenvalue weighted by Gasteiger charge is 2.22. The Labute approximate surface area is 139 Å². The highest BCUT2D eigenvalue weighted by Crippen LogP contribution is 2.27. The van der Waals surface area contributed by atoms with Gasteiger partial charge in [-0.05, 0) is 31.4 Å². The zero-order chi connectivity index (χ0) is 17.0. The Bertz CT molecular complexity index is 677. The summed E-state index contributed by atoms with van der Waals surface area (Å²) >= 11 is 1.32. The first kappa shape index (κ1) is 17.2. The van der Waals surface area contributed by atoms with Gasteiger partial charge in [0.2, 0.25) is 5.91 Å². The first-order chi connectivity index (χ1) is 10.9. The molecule has 2 aromatic heterocycles. The van der Waals surface area contributed by atoms with E-state index in [-0.39, 0.29) is 17.6 Å². The van der Waals surface area contributed by atoms with Crippen LogP contribution in [0.2, 0.25) is 0 Å². The smallest absolute Gasteiger partial charge is 0.357 e. The van der Waals surface area contributed by atoms with Crippen LogP contribution in [-0.4, -0.2) is 28.5 Å². The quantitative estimate of drug-likeness (QED) is 0.823. The fraction of sp³-hybridized carbons (Fsp3) is 0.438. The number of nitrogens with one attached hydrogen (secondary N) is 1. The number of thiazole rings is 1. The van der Waals surface area contributed by atoms with Crippen LogP contribution in [0.5, 0.6) is 0 Å². The third-order valence-electron chi connectivity index (χ3n) is 3.35. The molecule has 6 nitrogen and oxygen atoms in total. The fourth-order valence-corrected chi connectivity index (χ4v) is 3.29. The Morgan fingerprint density at radius 1 is 1.30 bits per heavy atom. The molecule has 0 aliphatic heterocycles. The van der Waals surface area contributed by atoms with Crippen LogP contribution in [0.3, 0.4) is 0 Å². The van der Waals surface area contributed by atoms with Crippen molar-refractivity contribution in [2.24, 2.45) is 5.92 Å². The molecule has 0 radical (unpaired) electrons. The maximum atomic E-state index is 12.3. The van der Waals surface area contributed by atoms with Gasteiger partial charge in [0, 0.05) is 17.3 Å². The SMILES string of the molecule is COC(=O)c1nc(NC(=O)[C@@H](C)n2cccc2)sc1CC(C)C. The van der Waals surface area contributed by atoms with Crippen LogP contribution >= 0.6 is 11.3 Å². The van der Waals surface area contributed by atoms with Crippen LogP contribution in [0.25, 0.3) is 0 Å². The fourth-order valence-electron chi connectivity index (χ4n) is 2.12. The van der Waals surface area contributed by atoms with Crippen molar-refractivity contribution >= 4 is 28.3 Å². The molecule has 23 heavy (non-hydrogen) atoms. The summed E-state index contributed by atoms with van der Waals surface area (Å²) < 4.78 is 6.58. The van der Waals surface area contributed by atoms with Crippen molar-refractivity contribution in [3.63, 3.8) is 0 Å². The second-order valence-corrected chi connectivity index (χ2v) is 6.76. The van der Waals surface area contributed by atoms with Crippen LogP contribution in [0.4, 0.5) is 5.13 Å². The number of amides is 1. The standard InChI is InChI=1S/C16H21N3O3S/c1-10(2)9-12-13(15(21)22-4)17-16(23-12)18-14(20)11(3)19-7-5-6-8-19/h5-8,10-11H,9H2,1-4H3,(H,17,18,20)/t11-/m1/s1. The van der Waals surface area contributed by atoms with Crippen molar-refractivity contribution in [2.45, 2.75) is 33.2 Å². The largest absolute Gasteiger partial charge is 0.464 e. The first-order valence-electron chi connectivity index (χ1n) is 7.43. The van der Waals surface area contributed by atoms with Gasteiger partial charge in [-0.1, -0.05) is 13.8 Å². The monoisotopic (exact) mass is 335 g/mol. The third kappa shape index (κ3) is 4.19. The van der Waals surface area contributed by atoms with E-state index in [2.05, 4.69) is 24.1 Å². The number of carbonyl (C=O) groups excluding carboxylic acids is 2. The molecule has 124 valence electrons. The molecule has 0 aromatic carbocycles. The molecule has 2 aromatic rings. The molecular weight excluding hydrogens is 314 g/mol. The molecular formula is C16H21N3O3S. The average molecular weight is 335 g/mol. The minimum Gasteiger partial charge on any atom is -0.464 e. The topological polar surface area (TPSA) is 73.2 Å². The van der Waals surface area contributed by atoms with E-state index in [4.69, 9.17) is 4.74 Å². The molecule has 0 spiro atoms. The van der Waals surface area contributed by atoms with Crippen molar-refractivity contribution in [1.82, 2.24) is 9.55 Å². The van der Waals surface area contributed by atoms with Crippen LogP contribution in [-0.2, 0) is 16.0 Å². The van der Waals surface area contributed by atoms with Gasteiger partial charge in [-0.15, -0.1) is 11.3 Å². The molecule has 0 unspecified atom stereocenters. The highest BCUT2D eigenvalue weighted by atomic mass is 32.1. The number of esters is 1. The summed E-state index contributed by atoms with van der Waals surface area (Å²) in [6.45, 7) is 5.93. The van der Waals surface area contributed by atoms with E-state index in [9.17, 15) is 9.59 Å². The summed E-state index contributed by atoms with van der Waals surface area (Å²) in [5.74, 6) is -0.278. The lowest BCUT2D eigenvalue weighted by molar-refractivity contribution is -0.118. The van der Waals surface area contributed by atoms with Gasteiger partial charge >= 0.3 is 5.97 Å². The molecule has 0 aliphatic carbocycles. The summed E-state index contributed by atoms with van der Waals surface area (Å²) in [6, 6.07) is 3.37. The van der Waals surface area contributed by atoms with Gasteiger partial charge < -0.3 is 14.6 Å². The molecule has 1 atom stereocenters. The van der Waals surface area contributed by atoms with Crippen LogP contribution in [0.1, 0.15) is 42.2 Å².